The summed E-state index contributed by atoms with van der Waals surface area (Å²) < 4.78 is 27.1. The molecule has 0 saturated carbocycles. The van der Waals surface area contributed by atoms with E-state index in [0.29, 0.717) is 25.9 Å². The second kappa shape index (κ2) is 6.12. The molecular formula is C17H20F2N2O3. The Morgan fingerprint density at radius 2 is 2.00 bits per heavy atom. The monoisotopic (exact) mass is 338 g/mol. The minimum Gasteiger partial charge on any atom is -0.481 e. The maximum Gasteiger partial charge on any atom is 0.309 e. The van der Waals surface area contributed by atoms with E-state index in [1.165, 1.54) is 6.07 Å². The number of hydrogen-bond acceptors (Lipinski definition) is 3. The molecular weight excluding hydrogens is 318 g/mol. The van der Waals surface area contributed by atoms with Crippen molar-refractivity contribution in [3.05, 3.63) is 35.4 Å². The predicted molar refractivity (Wildman–Crippen MR) is 82.1 cm³/mol. The molecule has 3 rings (SSSR count). The molecule has 1 aromatic carbocycles. The molecule has 0 unspecified atom stereocenters. The molecule has 5 nitrogen and oxygen atoms in total. The van der Waals surface area contributed by atoms with Crippen molar-refractivity contribution in [1.29, 1.82) is 0 Å². The molecule has 24 heavy (non-hydrogen) atoms. The summed E-state index contributed by atoms with van der Waals surface area (Å²) in [6, 6.07) is 4.11. The van der Waals surface area contributed by atoms with Crippen LogP contribution < -0.4 is 0 Å². The van der Waals surface area contributed by atoms with Gasteiger partial charge in [-0.05, 0) is 18.9 Å². The van der Waals surface area contributed by atoms with E-state index in [1.54, 1.807) is 18.0 Å². The van der Waals surface area contributed by atoms with E-state index in [4.69, 9.17) is 0 Å². The Morgan fingerprint density at radius 3 is 2.62 bits per heavy atom. The van der Waals surface area contributed by atoms with Gasteiger partial charge in [-0.3, -0.25) is 14.5 Å². The van der Waals surface area contributed by atoms with Crippen LogP contribution in [-0.4, -0.2) is 52.5 Å². The molecule has 7 heteroatoms. The number of hydrogen-bond donors (Lipinski definition) is 1. The highest BCUT2D eigenvalue weighted by molar-refractivity contribution is 5.88. The van der Waals surface area contributed by atoms with Gasteiger partial charge >= 0.3 is 5.97 Å². The summed E-state index contributed by atoms with van der Waals surface area (Å²) in [4.78, 5) is 27.1. The lowest BCUT2D eigenvalue weighted by Crippen LogP contribution is -2.55. The maximum atomic E-state index is 13.8. The Balaban J connectivity index is 1.72. The summed E-state index contributed by atoms with van der Waals surface area (Å²) in [5.74, 6) is -3.50. The normalized spacial score (nSPS) is 23.9. The molecule has 2 heterocycles. The maximum absolute atomic E-state index is 13.8. The van der Waals surface area contributed by atoms with Gasteiger partial charge in [0, 0.05) is 38.7 Å². The largest absolute Gasteiger partial charge is 0.481 e. The van der Waals surface area contributed by atoms with E-state index in [0.717, 1.165) is 6.07 Å². The van der Waals surface area contributed by atoms with Crippen molar-refractivity contribution in [1.82, 2.24) is 9.80 Å². The van der Waals surface area contributed by atoms with Gasteiger partial charge in [-0.25, -0.2) is 8.78 Å². The van der Waals surface area contributed by atoms with Crippen LogP contribution in [0.15, 0.2) is 18.2 Å². The molecule has 1 spiro atoms. The number of rotatable bonds is 3. The second-order valence-corrected chi connectivity index (χ2v) is 6.64. The molecule has 130 valence electrons. The van der Waals surface area contributed by atoms with Crippen LogP contribution in [0.2, 0.25) is 0 Å². The van der Waals surface area contributed by atoms with Crippen molar-refractivity contribution >= 4 is 11.9 Å². The molecule has 1 N–H and O–H groups in total. The fraction of sp³-hybridized carbons (Fsp3) is 0.529. The predicted octanol–water partition coefficient (Wildman–Crippen LogP) is 1.86. The molecule has 0 bridgehead atoms. The van der Waals surface area contributed by atoms with E-state index < -0.39 is 29.1 Å². The zero-order chi connectivity index (χ0) is 17.5. The molecule has 2 aliphatic rings. The molecule has 2 fully saturated rings. The molecule has 2 saturated heterocycles. The smallest absolute Gasteiger partial charge is 0.309 e. The van der Waals surface area contributed by atoms with E-state index >= 15 is 0 Å². The first-order valence-corrected chi connectivity index (χ1v) is 8.00. The number of carboxylic acid groups (broad SMARTS) is 1. The third kappa shape index (κ3) is 2.66. The Labute approximate surface area is 138 Å². The summed E-state index contributed by atoms with van der Waals surface area (Å²) in [6.07, 6.45) is 1.07. The molecule has 0 aromatic heterocycles. The van der Waals surface area contributed by atoms with Gasteiger partial charge in [-0.1, -0.05) is 12.1 Å². The molecule has 0 radical (unpaired) electrons. The van der Waals surface area contributed by atoms with Crippen LogP contribution in [0.3, 0.4) is 0 Å². The fourth-order valence-electron chi connectivity index (χ4n) is 3.99. The van der Waals surface area contributed by atoms with E-state index in [1.807, 2.05) is 4.90 Å². The number of aliphatic carboxylic acids is 1. The van der Waals surface area contributed by atoms with Gasteiger partial charge in [0.15, 0.2) is 11.6 Å². The van der Waals surface area contributed by atoms with Gasteiger partial charge in [0.25, 0.3) is 0 Å². The second-order valence-electron chi connectivity index (χ2n) is 6.64. The van der Waals surface area contributed by atoms with Gasteiger partial charge in [0.05, 0.1) is 11.5 Å². The minimum absolute atomic E-state index is 0.0321. The van der Waals surface area contributed by atoms with Crippen LogP contribution in [0, 0.1) is 17.6 Å². The van der Waals surface area contributed by atoms with Gasteiger partial charge in [0.2, 0.25) is 5.91 Å². The zero-order valence-electron chi connectivity index (χ0n) is 13.5. The summed E-state index contributed by atoms with van der Waals surface area (Å²) >= 11 is 0. The molecule has 0 aliphatic carbocycles. The van der Waals surface area contributed by atoms with Crippen molar-refractivity contribution < 1.29 is 23.5 Å². The molecule has 2 aliphatic heterocycles. The molecule has 1 aromatic rings. The first-order chi connectivity index (χ1) is 11.3. The molecule has 1 atom stereocenters. The van der Waals surface area contributed by atoms with Crippen molar-refractivity contribution in [3.8, 4) is 0 Å². The number of carbonyl (C=O) groups is 2. The highest BCUT2D eigenvalue weighted by atomic mass is 19.2. The average molecular weight is 338 g/mol. The number of halogens is 2. The van der Waals surface area contributed by atoms with Crippen LogP contribution in [0.5, 0.6) is 0 Å². The topological polar surface area (TPSA) is 60.9 Å². The van der Waals surface area contributed by atoms with Crippen LogP contribution in [0.4, 0.5) is 8.78 Å². The van der Waals surface area contributed by atoms with Gasteiger partial charge in [0.1, 0.15) is 0 Å². The number of piperidine rings is 1. The van der Waals surface area contributed by atoms with Gasteiger partial charge < -0.3 is 10.0 Å². The van der Waals surface area contributed by atoms with Crippen molar-refractivity contribution in [2.75, 3.05) is 20.1 Å². The quantitative estimate of drug-likeness (QED) is 0.914. The Hall–Kier alpha value is -2.02. The van der Waals surface area contributed by atoms with E-state index in [9.17, 15) is 23.5 Å². The fourth-order valence-corrected chi connectivity index (χ4v) is 3.99. The van der Waals surface area contributed by atoms with Crippen molar-refractivity contribution in [2.45, 2.75) is 31.3 Å². The van der Waals surface area contributed by atoms with Gasteiger partial charge in [-0.2, -0.15) is 0 Å². The van der Waals surface area contributed by atoms with Gasteiger partial charge in [-0.15, -0.1) is 0 Å². The lowest BCUT2D eigenvalue weighted by atomic mass is 9.77. The number of nitrogens with zero attached hydrogens (tertiary/aromatic N) is 2. The number of likely N-dealkylation sites (tertiary alicyclic amines) is 2. The average Bonchev–Trinajstić information content (AvgIpc) is 2.79. The van der Waals surface area contributed by atoms with E-state index in [2.05, 4.69) is 0 Å². The SMILES string of the molecule is CN1C(=O)C[C@H](C(=O)O)C12CCN(Cc1cccc(F)c1F)CC2. The first-order valence-electron chi connectivity index (χ1n) is 8.00. The third-order valence-corrected chi connectivity index (χ3v) is 5.51. The summed E-state index contributed by atoms with van der Waals surface area (Å²) in [6.45, 7) is 1.35. The van der Waals surface area contributed by atoms with Crippen LogP contribution in [0.1, 0.15) is 24.8 Å². The number of amides is 1. The van der Waals surface area contributed by atoms with Crippen LogP contribution in [-0.2, 0) is 16.1 Å². The summed E-state index contributed by atoms with van der Waals surface area (Å²) in [5.41, 5.74) is -0.378. The number of carboxylic acids is 1. The van der Waals surface area contributed by atoms with Crippen LogP contribution >= 0.6 is 0 Å². The Morgan fingerprint density at radius 1 is 1.33 bits per heavy atom. The van der Waals surface area contributed by atoms with Crippen molar-refractivity contribution in [3.63, 3.8) is 0 Å². The first kappa shape index (κ1) is 16.8. The van der Waals surface area contributed by atoms with E-state index in [-0.39, 0.29) is 24.4 Å². The lowest BCUT2D eigenvalue weighted by Gasteiger charge is -2.45. The number of carbonyl (C=O) groups excluding carboxylic acids is 1. The third-order valence-electron chi connectivity index (χ3n) is 5.51. The standard InChI is InChI=1S/C17H20F2N2O3/c1-20-14(22)9-12(16(23)24)17(20)5-7-21(8-6-17)10-11-3-2-4-13(18)15(11)19/h2-4,12H,5-10H2,1H3,(H,23,24)/t12-/m1/s1. The van der Waals surface area contributed by atoms with Crippen LogP contribution in [0.25, 0.3) is 0 Å². The Bertz CT molecular complexity index is 672. The Kier molecular flexibility index (Phi) is 4.29. The molecule has 1 amide bonds. The minimum atomic E-state index is -0.947. The zero-order valence-corrected chi connectivity index (χ0v) is 13.5. The lowest BCUT2D eigenvalue weighted by molar-refractivity contribution is -0.146. The highest BCUT2D eigenvalue weighted by Gasteiger charge is 2.55. The number of benzene rings is 1. The summed E-state index contributed by atoms with van der Waals surface area (Å²) in [5, 5.41) is 9.45. The highest BCUT2D eigenvalue weighted by Crippen LogP contribution is 2.43. The summed E-state index contributed by atoms with van der Waals surface area (Å²) in [7, 11) is 1.66. The van der Waals surface area contributed by atoms with Crippen molar-refractivity contribution in [2.24, 2.45) is 5.92 Å².